The van der Waals surface area contributed by atoms with E-state index in [1.165, 1.54) is 46.0 Å². The lowest BCUT2D eigenvalue weighted by Gasteiger charge is -2.29. The highest BCUT2D eigenvalue weighted by Crippen LogP contribution is 2.42. The molecule has 0 spiro atoms. The van der Waals surface area contributed by atoms with Gasteiger partial charge in [0.1, 0.15) is 5.00 Å². The number of fused-ring (bicyclic) bond motifs is 5. The summed E-state index contributed by atoms with van der Waals surface area (Å²) in [5.74, 6) is 0. The molecule has 24 heavy (non-hydrogen) atoms. The van der Waals surface area contributed by atoms with Gasteiger partial charge >= 0.3 is 6.03 Å². The first-order valence-electron chi connectivity index (χ1n) is 8.94. The summed E-state index contributed by atoms with van der Waals surface area (Å²) in [4.78, 5) is 16.3. The maximum Gasteiger partial charge on any atom is 0.318 e. The summed E-state index contributed by atoms with van der Waals surface area (Å²) in [5.41, 5.74) is 4.08. The standard InChI is InChI=1S/C19H25N3OS/c1-12(2)20-19(23)22-11-15-14-7-4-5-9-17(14)24-18(15)21-10-6-8-16(21)13(22)3/h6,8,10,12-13H,4-5,7,9,11H2,1-3H3,(H,20,23)/t13-/m1/s1. The summed E-state index contributed by atoms with van der Waals surface area (Å²) in [6, 6.07) is 4.49. The van der Waals surface area contributed by atoms with Crippen LogP contribution in [-0.2, 0) is 19.4 Å². The Bertz CT molecular complexity index is 774. The molecule has 5 heteroatoms. The van der Waals surface area contributed by atoms with Crippen LogP contribution in [0.3, 0.4) is 0 Å². The average molecular weight is 343 g/mol. The zero-order valence-corrected chi connectivity index (χ0v) is 15.4. The summed E-state index contributed by atoms with van der Waals surface area (Å²) < 4.78 is 2.31. The van der Waals surface area contributed by atoms with Crippen molar-refractivity contribution in [1.29, 1.82) is 0 Å². The zero-order chi connectivity index (χ0) is 16.8. The first-order chi connectivity index (χ1) is 11.6. The molecule has 1 aliphatic heterocycles. The maximum absolute atomic E-state index is 12.8. The number of amides is 2. The molecule has 0 bridgehead atoms. The van der Waals surface area contributed by atoms with Gasteiger partial charge in [0.2, 0.25) is 0 Å². The Morgan fingerprint density at radius 2 is 2.08 bits per heavy atom. The minimum absolute atomic E-state index is 0.0360. The van der Waals surface area contributed by atoms with E-state index >= 15 is 0 Å². The Labute approximate surface area is 147 Å². The molecule has 1 N–H and O–H groups in total. The van der Waals surface area contributed by atoms with Crippen molar-refractivity contribution in [1.82, 2.24) is 14.8 Å². The SMILES string of the molecule is CC(C)NC(=O)N1Cc2c(sc3c2CCCC3)-n2cccc2[C@H]1C. The molecule has 2 amide bonds. The lowest BCUT2D eigenvalue weighted by Crippen LogP contribution is -2.43. The summed E-state index contributed by atoms with van der Waals surface area (Å²) in [6.45, 7) is 6.87. The second-order valence-electron chi connectivity index (χ2n) is 7.21. The van der Waals surface area contributed by atoms with Crippen molar-refractivity contribution >= 4 is 17.4 Å². The van der Waals surface area contributed by atoms with E-state index in [9.17, 15) is 4.79 Å². The van der Waals surface area contributed by atoms with E-state index in [1.54, 1.807) is 0 Å². The predicted molar refractivity (Wildman–Crippen MR) is 97.9 cm³/mol. The number of hydrogen-bond acceptors (Lipinski definition) is 2. The van der Waals surface area contributed by atoms with Crippen molar-refractivity contribution in [3.05, 3.63) is 40.0 Å². The van der Waals surface area contributed by atoms with Crippen molar-refractivity contribution in [2.75, 3.05) is 0 Å². The second-order valence-corrected chi connectivity index (χ2v) is 8.29. The third kappa shape index (κ3) is 2.46. The van der Waals surface area contributed by atoms with E-state index < -0.39 is 0 Å². The van der Waals surface area contributed by atoms with Gasteiger partial charge in [-0.3, -0.25) is 0 Å². The first kappa shape index (κ1) is 15.8. The number of thiophene rings is 1. The number of nitrogens with one attached hydrogen (secondary N) is 1. The van der Waals surface area contributed by atoms with Crippen LogP contribution in [0.2, 0.25) is 0 Å². The van der Waals surface area contributed by atoms with Crippen LogP contribution >= 0.6 is 11.3 Å². The fourth-order valence-electron chi connectivity index (χ4n) is 3.94. The summed E-state index contributed by atoms with van der Waals surface area (Å²) >= 11 is 1.93. The predicted octanol–water partition coefficient (Wildman–Crippen LogP) is 4.41. The van der Waals surface area contributed by atoms with Gasteiger partial charge in [0.25, 0.3) is 0 Å². The smallest absolute Gasteiger partial charge is 0.318 e. The molecule has 2 aliphatic rings. The quantitative estimate of drug-likeness (QED) is 0.818. The molecule has 0 radical (unpaired) electrons. The molecule has 2 aromatic heterocycles. The number of aryl methyl sites for hydroxylation is 1. The molecule has 0 saturated heterocycles. The molecular weight excluding hydrogens is 318 g/mol. The topological polar surface area (TPSA) is 37.3 Å². The molecule has 4 rings (SSSR count). The van der Waals surface area contributed by atoms with Crippen molar-refractivity contribution < 1.29 is 4.79 Å². The molecule has 4 nitrogen and oxygen atoms in total. The minimum Gasteiger partial charge on any atom is -0.336 e. The lowest BCUT2D eigenvalue weighted by molar-refractivity contribution is 0.173. The Hall–Kier alpha value is -1.75. The Morgan fingerprint density at radius 1 is 1.29 bits per heavy atom. The number of nitrogens with zero attached hydrogens (tertiary/aromatic N) is 2. The third-order valence-electron chi connectivity index (χ3n) is 5.16. The fraction of sp³-hybridized carbons (Fsp3) is 0.526. The Morgan fingerprint density at radius 3 is 2.88 bits per heavy atom. The zero-order valence-electron chi connectivity index (χ0n) is 14.6. The van der Waals surface area contributed by atoms with Gasteiger partial charge in [-0.15, -0.1) is 11.3 Å². The van der Waals surface area contributed by atoms with Crippen molar-refractivity contribution in [3.63, 3.8) is 0 Å². The normalized spacial score (nSPS) is 19.5. The Balaban J connectivity index is 1.82. The van der Waals surface area contributed by atoms with E-state index in [-0.39, 0.29) is 18.1 Å². The second kappa shape index (κ2) is 5.96. The molecule has 128 valence electrons. The molecule has 3 heterocycles. The maximum atomic E-state index is 12.8. The van der Waals surface area contributed by atoms with Crippen LogP contribution in [-0.4, -0.2) is 21.5 Å². The third-order valence-corrected chi connectivity index (χ3v) is 6.49. The number of carbonyl (C=O) groups is 1. The highest BCUT2D eigenvalue weighted by Gasteiger charge is 2.32. The number of carbonyl (C=O) groups excluding carboxylic acids is 1. The van der Waals surface area contributed by atoms with Crippen LogP contribution in [0.5, 0.6) is 0 Å². The number of rotatable bonds is 1. The monoisotopic (exact) mass is 343 g/mol. The van der Waals surface area contributed by atoms with Gasteiger partial charge in [0.05, 0.1) is 12.6 Å². The van der Waals surface area contributed by atoms with Gasteiger partial charge in [-0.05, 0) is 64.2 Å². The average Bonchev–Trinajstić information content (AvgIpc) is 3.13. The van der Waals surface area contributed by atoms with Gasteiger partial charge in [0.15, 0.2) is 0 Å². The molecule has 0 unspecified atom stereocenters. The summed E-state index contributed by atoms with van der Waals surface area (Å²) in [5, 5.41) is 4.41. The molecule has 0 aromatic carbocycles. The molecule has 1 aliphatic carbocycles. The van der Waals surface area contributed by atoms with Crippen LogP contribution < -0.4 is 5.32 Å². The summed E-state index contributed by atoms with van der Waals surface area (Å²) in [6.07, 6.45) is 7.06. The van der Waals surface area contributed by atoms with E-state index in [1.807, 2.05) is 30.1 Å². The largest absolute Gasteiger partial charge is 0.336 e. The van der Waals surface area contributed by atoms with E-state index in [4.69, 9.17) is 0 Å². The first-order valence-corrected chi connectivity index (χ1v) is 9.76. The van der Waals surface area contributed by atoms with E-state index in [0.717, 1.165) is 6.42 Å². The van der Waals surface area contributed by atoms with Crippen LogP contribution in [0.15, 0.2) is 18.3 Å². The van der Waals surface area contributed by atoms with Gasteiger partial charge in [-0.1, -0.05) is 0 Å². The van der Waals surface area contributed by atoms with Gasteiger partial charge < -0.3 is 14.8 Å². The minimum atomic E-state index is 0.0360. The van der Waals surface area contributed by atoms with E-state index in [2.05, 4.69) is 35.1 Å². The van der Waals surface area contributed by atoms with Crippen LogP contribution in [0, 0.1) is 0 Å². The van der Waals surface area contributed by atoms with Gasteiger partial charge in [0, 0.05) is 28.4 Å². The summed E-state index contributed by atoms with van der Waals surface area (Å²) in [7, 11) is 0. The highest BCUT2D eigenvalue weighted by atomic mass is 32.1. The molecule has 2 aromatic rings. The van der Waals surface area contributed by atoms with Crippen LogP contribution in [0.1, 0.15) is 61.4 Å². The molecule has 0 saturated carbocycles. The van der Waals surface area contributed by atoms with E-state index in [0.29, 0.717) is 6.54 Å². The molecular formula is C19H25N3OS. The van der Waals surface area contributed by atoms with Gasteiger partial charge in [-0.2, -0.15) is 0 Å². The lowest BCUT2D eigenvalue weighted by atomic mass is 9.95. The highest BCUT2D eigenvalue weighted by molar-refractivity contribution is 7.15. The van der Waals surface area contributed by atoms with Crippen LogP contribution in [0.4, 0.5) is 4.79 Å². The van der Waals surface area contributed by atoms with Crippen molar-refractivity contribution in [3.8, 4) is 5.00 Å². The van der Waals surface area contributed by atoms with Gasteiger partial charge in [-0.25, -0.2) is 4.79 Å². The number of aromatic nitrogens is 1. The van der Waals surface area contributed by atoms with Crippen molar-refractivity contribution in [2.24, 2.45) is 0 Å². The van der Waals surface area contributed by atoms with Crippen molar-refractivity contribution in [2.45, 2.75) is 65.1 Å². The number of hydrogen-bond donors (Lipinski definition) is 1. The van der Waals surface area contributed by atoms with Crippen LogP contribution in [0.25, 0.3) is 5.00 Å². The fourth-order valence-corrected chi connectivity index (χ4v) is 5.34. The number of urea groups is 1. The Kier molecular flexibility index (Phi) is 3.91. The molecule has 1 atom stereocenters. The molecule has 0 fully saturated rings.